The van der Waals surface area contributed by atoms with E-state index in [2.05, 4.69) is 27.9 Å². The maximum absolute atomic E-state index is 11.5. The quantitative estimate of drug-likeness (QED) is 0.398. The van der Waals surface area contributed by atoms with E-state index < -0.39 is 5.60 Å². The van der Waals surface area contributed by atoms with Crippen LogP contribution in [0.5, 0.6) is 0 Å². The summed E-state index contributed by atoms with van der Waals surface area (Å²) in [5.41, 5.74) is -0.0550. The fraction of sp³-hybridized carbons (Fsp3) is 0.882. The van der Waals surface area contributed by atoms with Gasteiger partial charge in [0.25, 0.3) is 0 Å². The number of nitrogens with zero attached hydrogens (tertiary/aromatic N) is 1. The molecule has 0 aromatic carbocycles. The standard InChI is InChI=1S/C17H34N4O2/c1-16(2,3)23-15(22)20-12-8-11-19-14(18-5)21-13-17(4)9-6-7-10-17/h6-13H2,1-5H3,(H,20,22)(H2,18,19,21). The van der Waals surface area contributed by atoms with E-state index in [1.165, 1.54) is 25.7 Å². The van der Waals surface area contributed by atoms with E-state index in [1.807, 2.05) is 20.8 Å². The lowest BCUT2D eigenvalue weighted by atomic mass is 9.89. The molecule has 0 saturated heterocycles. The molecule has 1 amide bonds. The summed E-state index contributed by atoms with van der Waals surface area (Å²) in [5.74, 6) is 0.829. The van der Waals surface area contributed by atoms with E-state index in [1.54, 1.807) is 7.05 Å². The Morgan fingerprint density at radius 3 is 2.30 bits per heavy atom. The molecular weight excluding hydrogens is 292 g/mol. The maximum atomic E-state index is 11.5. The number of rotatable bonds is 6. The highest BCUT2D eigenvalue weighted by molar-refractivity contribution is 5.79. The van der Waals surface area contributed by atoms with Gasteiger partial charge in [0.05, 0.1) is 0 Å². The Morgan fingerprint density at radius 2 is 1.74 bits per heavy atom. The third-order valence-corrected chi connectivity index (χ3v) is 4.03. The number of carbonyl (C=O) groups is 1. The molecule has 6 heteroatoms. The lowest BCUT2D eigenvalue weighted by molar-refractivity contribution is 0.0527. The number of alkyl carbamates (subject to hydrolysis) is 1. The van der Waals surface area contributed by atoms with Gasteiger partial charge in [-0.25, -0.2) is 4.79 Å². The molecule has 0 spiro atoms. The normalized spacial score (nSPS) is 17.7. The summed E-state index contributed by atoms with van der Waals surface area (Å²) >= 11 is 0. The molecule has 0 aromatic heterocycles. The lowest BCUT2D eigenvalue weighted by Crippen LogP contribution is -2.43. The second-order valence-electron chi connectivity index (χ2n) is 7.65. The van der Waals surface area contributed by atoms with Gasteiger partial charge in [-0.2, -0.15) is 0 Å². The summed E-state index contributed by atoms with van der Waals surface area (Å²) in [6, 6.07) is 0. The summed E-state index contributed by atoms with van der Waals surface area (Å²) in [7, 11) is 1.78. The zero-order chi connectivity index (χ0) is 17.3. The van der Waals surface area contributed by atoms with Gasteiger partial charge in [0.1, 0.15) is 5.60 Å². The van der Waals surface area contributed by atoms with Gasteiger partial charge in [-0.15, -0.1) is 0 Å². The highest BCUT2D eigenvalue weighted by Gasteiger charge is 2.28. The Bertz CT molecular complexity index is 396. The molecule has 0 unspecified atom stereocenters. The predicted molar refractivity (Wildman–Crippen MR) is 94.8 cm³/mol. The second kappa shape index (κ2) is 8.99. The van der Waals surface area contributed by atoms with Crippen molar-refractivity contribution < 1.29 is 9.53 Å². The number of hydrogen-bond donors (Lipinski definition) is 3. The molecule has 0 aliphatic heterocycles. The first-order chi connectivity index (χ1) is 10.7. The predicted octanol–water partition coefficient (Wildman–Crippen LogP) is 2.65. The zero-order valence-corrected chi connectivity index (χ0v) is 15.4. The van der Waals surface area contributed by atoms with Gasteiger partial charge in [0.15, 0.2) is 5.96 Å². The molecule has 6 nitrogen and oxygen atoms in total. The fourth-order valence-electron chi connectivity index (χ4n) is 2.72. The van der Waals surface area contributed by atoms with Crippen molar-refractivity contribution in [1.82, 2.24) is 16.0 Å². The van der Waals surface area contributed by atoms with Crippen molar-refractivity contribution in [3.63, 3.8) is 0 Å². The van der Waals surface area contributed by atoms with Gasteiger partial charge in [-0.1, -0.05) is 19.8 Å². The van der Waals surface area contributed by atoms with Crippen LogP contribution in [0.4, 0.5) is 4.79 Å². The molecule has 0 aromatic rings. The fourth-order valence-corrected chi connectivity index (χ4v) is 2.72. The van der Waals surface area contributed by atoms with Crippen molar-refractivity contribution in [2.24, 2.45) is 10.4 Å². The Balaban J connectivity index is 2.12. The molecule has 134 valence electrons. The second-order valence-corrected chi connectivity index (χ2v) is 7.65. The number of hydrogen-bond acceptors (Lipinski definition) is 3. The smallest absolute Gasteiger partial charge is 0.407 e. The van der Waals surface area contributed by atoms with Gasteiger partial charge in [0, 0.05) is 26.7 Å². The lowest BCUT2D eigenvalue weighted by Gasteiger charge is -2.25. The first kappa shape index (κ1) is 19.6. The minimum Gasteiger partial charge on any atom is -0.444 e. The van der Waals surface area contributed by atoms with E-state index in [0.29, 0.717) is 12.0 Å². The number of ether oxygens (including phenoxy) is 1. The summed E-state index contributed by atoms with van der Waals surface area (Å²) in [6.45, 7) is 10.2. The number of aliphatic imine (C=N–C) groups is 1. The molecule has 1 aliphatic carbocycles. The van der Waals surface area contributed by atoms with Crippen molar-refractivity contribution in [3.05, 3.63) is 0 Å². The van der Waals surface area contributed by atoms with E-state index in [9.17, 15) is 4.79 Å². The highest BCUT2D eigenvalue weighted by Crippen LogP contribution is 2.36. The average Bonchev–Trinajstić information content (AvgIpc) is 2.87. The molecular formula is C17H34N4O2. The first-order valence-electron chi connectivity index (χ1n) is 8.65. The summed E-state index contributed by atoms with van der Waals surface area (Å²) in [5, 5.41) is 9.44. The van der Waals surface area contributed by atoms with Gasteiger partial charge in [-0.3, -0.25) is 4.99 Å². The average molecular weight is 326 g/mol. The van der Waals surface area contributed by atoms with Gasteiger partial charge < -0.3 is 20.7 Å². The van der Waals surface area contributed by atoms with Crippen LogP contribution in [0.15, 0.2) is 4.99 Å². The summed E-state index contributed by atoms with van der Waals surface area (Å²) in [4.78, 5) is 15.8. The maximum Gasteiger partial charge on any atom is 0.407 e. The highest BCUT2D eigenvalue weighted by atomic mass is 16.6. The third-order valence-electron chi connectivity index (χ3n) is 4.03. The van der Waals surface area contributed by atoms with Gasteiger partial charge in [-0.05, 0) is 45.4 Å². The molecule has 0 bridgehead atoms. The van der Waals surface area contributed by atoms with Crippen LogP contribution in [0.1, 0.15) is 59.8 Å². The van der Waals surface area contributed by atoms with Crippen LogP contribution >= 0.6 is 0 Å². The zero-order valence-electron chi connectivity index (χ0n) is 15.4. The number of carbonyl (C=O) groups excluding carboxylic acids is 1. The van der Waals surface area contributed by atoms with Crippen molar-refractivity contribution >= 4 is 12.1 Å². The summed E-state index contributed by atoms with van der Waals surface area (Å²) < 4.78 is 5.19. The first-order valence-corrected chi connectivity index (χ1v) is 8.65. The molecule has 0 atom stereocenters. The van der Waals surface area contributed by atoms with Crippen LogP contribution in [-0.2, 0) is 4.74 Å². The Kier molecular flexibility index (Phi) is 7.65. The monoisotopic (exact) mass is 326 g/mol. The van der Waals surface area contributed by atoms with E-state index in [-0.39, 0.29) is 6.09 Å². The summed E-state index contributed by atoms with van der Waals surface area (Å²) in [6.07, 6.45) is 5.69. The Labute approximate surface area is 140 Å². The van der Waals surface area contributed by atoms with Crippen LogP contribution in [0.2, 0.25) is 0 Å². The number of guanidine groups is 1. The van der Waals surface area contributed by atoms with Crippen molar-refractivity contribution in [1.29, 1.82) is 0 Å². The molecule has 1 aliphatic rings. The molecule has 1 fully saturated rings. The van der Waals surface area contributed by atoms with Gasteiger partial charge >= 0.3 is 6.09 Å². The molecule has 1 saturated carbocycles. The van der Waals surface area contributed by atoms with Crippen LogP contribution < -0.4 is 16.0 Å². The molecule has 0 radical (unpaired) electrons. The minimum atomic E-state index is -0.454. The van der Waals surface area contributed by atoms with Crippen molar-refractivity contribution in [2.45, 2.75) is 65.4 Å². The van der Waals surface area contributed by atoms with Crippen LogP contribution in [-0.4, -0.2) is 44.3 Å². The largest absolute Gasteiger partial charge is 0.444 e. The van der Waals surface area contributed by atoms with Crippen LogP contribution in [0.3, 0.4) is 0 Å². The third kappa shape index (κ3) is 8.67. The molecule has 1 rings (SSSR count). The van der Waals surface area contributed by atoms with Gasteiger partial charge in [0.2, 0.25) is 0 Å². The van der Waals surface area contributed by atoms with E-state index >= 15 is 0 Å². The van der Waals surface area contributed by atoms with E-state index in [4.69, 9.17) is 4.74 Å². The van der Waals surface area contributed by atoms with Crippen molar-refractivity contribution in [3.8, 4) is 0 Å². The van der Waals surface area contributed by atoms with E-state index in [0.717, 1.165) is 25.5 Å². The topological polar surface area (TPSA) is 74.8 Å². The molecule has 0 heterocycles. The molecule has 3 N–H and O–H groups in total. The van der Waals surface area contributed by atoms with Crippen molar-refractivity contribution in [2.75, 3.05) is 26.7 Å². The van der Waals surface area contributed by atoms with Crippen LogP contribution in [0.25, 0.3) is 0 Å². The Morgan fingerprint density at radius 1 is 1.13 bits per heavy atom. The SMILES string of the molecule is CN=C(NCCCNC(=O)OC(C)(C)C)NCC1(C)CCCC1. The number of nitrogens with one attached hydrogen (secondary N) is 3. The minimum absolute atomic E-state index is 0.367. The van der Waals surface area contributed by atoms with Crippen LogP contribution in [0, 0.1) is 5.41 Å². The molecule has 23 heavy (non-hydrogen) atoms. The number of amides is 1. The Hall–Kier alpha value is -1.46.